The molecule has 3 nitrogen and oxygen atoms in total. The Labute approximate surface area is 115 Å². The highest BCUT2D eigenvalue weighted by Gasteiger charge is 2.35. The lowest BCUT2D eigenvalue weighted by Crippen LogP contribution is -2.15. The van der Waals surface area contributed by atoms with Gasteiger partial charge in [0.1, 0.15) is 6.29 Å². The van der Waals surface area contributed by atoms with E-state index in [9.17, 15) is 22.8 Å². The van der Waals surface area contributed by atoms with Gasteiger partial charge in [-0.25, -0.2) is 4.79 Å². The Kier molecular flexibility index (Phi) is 5.11. The fourth-order valence-electron chi connectivity index (χ4n) is 1.55. The maximum Gasteiger partial charge on any atom is 0.416 e. The molecule has 7 heteroatoms. The molecule has 1 rings (SSSR count). The maximum atomic E-state index is 12.9. The number of rotatable bonds is 4. The molecule has 0 saturated carbocycles. The average Bonchev–Trinajstić information content (AvgIpc) is 2.36. The number of carbonyl (C=O) groups is 2. The molecule has 0 saturated heterocycles. The highest BCUT2D eigenvalue weighted by molar-refractivity contribution is 9.08. The number of benzene rings is 1. The van der Waals surface area contributed by atoms with Crippen LogP contribution in [-0.4, -0.2) is 18.9 Å². The van der Waals surface area contributed by atoms with Crippen molar-refractivity contribution in [2.45, 2.75) is 18.4 Å². The summed E-state index contributed by atoms with van der Waals surface area (Å²) in [5, 5.41) is -0.171. The fourth-order valence-corrected chi connectivity index (χ4v) is 2.15. The predicted octanol–water partition coefficient (Wildman–Crippen LogP) is 3.59. The van der Waals surface area contributed by atoms with Crippen molar-refractivity contribution in [1.82, 2.24) is 0 Å². The SMILES string of the molecule is CCOC(=O)c1cc(C=O)cc(C(F)(F)F)c1CBr. The lowest BCUT2D eigenvalue weighted by atomic mass is 9.98. The number of ether oxygens (including phenoxy) is 1. The van der Waals surface area contributed by atoms with Crippen LogP contribution in [0.5, 0.6) is 0 Å². The number of aldehydes is 1. The topological polar surface area (TPSA) is 43.4 Å². The molecule has 0 unspecified atom stereocenters. The van der Waals surface area contributed by atoms with Crippen LogP contribution in [0, 0.1) is 0 Å². The van der Waals surface area contributed by atoms with E-state index in [1.165, 1.54) is 0 Å². The molecular weight excluding hydrogens is 329 g/mol. The molecule has 0 heterocycles. The Morgan fingerprint density at radius 2 is 2.05 bits per heavy atom. The second-order valence-corrected chi connectivity index (χ2v) is 4.13. The van der Waals surface area contributed by atoms with E-state index in [0.29, 0.717) is 6.07 Å². The van der Waals surface area contributed by atoms with Crippen LogP contribution in [0.15, 0.2) is 12.1 Å². The minimum absolute atomic E-state index is 0.0349. The molecule has 0 atom stereocenters. The van der Waals surface area contributed by atoms with Crippen molar-refractivity contribution in [2.24, 2.45) is 0 Å². The third-order valence-corrected chi connectivity index (χ3v) is 2.90. The average molecular weight is 339 g/mol. The fraction of sp³-hybridized carbons (Fsp3) is 0.333. The Bertz CT molecular complexity index is 498. The minimum Gasteiger partial charge on any atom is -0.462 e. The zero-order valence-corrected chi connectivity index (χ0v) is 11.5. The maximum absolute atomic E-state index is 12.9. The van der Waals surface area contributed by atoms with E-state index < -0.39 is 17.7 Å². The molecule has 0 N–H and O–H groups in total. The van der Waals surface area contributed by atoms with Crippen molar-refractivity contribution in [2.75, 3.05) is 6.61 Å². The first-order valence-corrected chi connectivity index (χ1v) is 6.39. The third-order valence-electron chi connectivity index (χ3n) is 2.34. The summed E-state index contributed by atoms with van der Waals surface area (Å²) in [6.07, 6.45) is -4.39. The van der Waals surface area contributed by atoms with E-state index in [0.717, 1.165) is 6.07 Å². The molecule has 0 radical (unpaired) electrons. The number of halogens is 4. The quantitative estimate of drug-likeness (QED) is 0.478. The van der Waals surface area contributed by atoms with Crippen LogP contribution in [0.3, 0.4) is 0 Å². The first-order chi connectivity index (χ1) is 8.85. The number of carbonyl (C=O) groups excluding carboxylic acids is 2. The molecule has 0 aliphatic heterocycles. The molecule has 19 heavy (non-hydrogen) atoms. The zero-order valence-electron chi connectivity index (χ0n) is 9.88. The molecule has 0 aliphatic carbocycles. The Morgan fingerprint density at radius 3 is 2.47 bits per heavy atom. The molecule has 0 spiro atoms. The van der Waals surface area contributed by atoms with Crippen LogP contribution in [0.2, 0.25) is 0 Å². The first-order valence-electron chi connectivity index (χ1n) is 5.27. The zero-order chi connectivity index (χ0) is 14.6. The Balaban J connectivity index is 3.52. The van der Waals surface area contributed by atoms with E-state index in [2.05, 4.69) is 15.9 Å². The number of hydrogen-bond donors (Lipinski definition) is 0. The molecule has 0 bridgehead atoms. The highest BCUT2D eigenvalue weighted by Crippen LogP contribution is 2.35. The van der Waals surface area contributed by atoms with E-state index in [-0.39, 0.29) is 34.9 Å². The number of hydrogen-bond acceptors (Lipinski definition) is 3. The summed E-state index contributed by atoms with van der Waals surface area (Å²) in [7, 11) is 0. The van der Waals surface area contributed by atoms with Crippen molar-refractivity contribution in [3.05, 3.63) is 34.4 Å². The van der Waals surface area contributed by atoms with Gasteiger partial charge in [0.2, 0.25) is 0 Å². The molecule has 0 fully saturated rings. The molecular formula is C12H10BrF3O3. The summed E-state index contributed by atoms with van der Waals surface area (Å²) < 4.78 is 43.4. The summed E-state index contributed by atoms with van der Waals surface area (Å²) in [5.41, 5.74) is -1.73. The summed E-state index contributed by atoms with van der Waals surface area (Å²) >= 11 is 2.92. The monoisotopic (exact) mass is 338 g/mol. The van der Waals surface area contributed by atoms with Crippen LogP contribution >= 0.6 is 15.9 Å². The number of esters is 1. The highest BCUT2D eigenvalue weighted by atomic mass is 79.9. The van der Waals surface area contributed by atoms with Crippen LogP contribution < -0.4 is 0 Å². The van der Waals surface area contributed by atoms with E-state index in [4.69, 9.17) is 4.74 Å². The first kappa shape index (κ1) is 15.7. The molecule has 1 aromatic carbocycles. The van der Waals surface area contributed by atoms with Gasteiger partial charge in [-0.3, -0.25) is 4.79 Å². The third kappa shape index (κ3) is 3.56. The lowest BCUT2D eigenvalue weighted by molar-refractivity contribution is -0.138. The summed E-state index contributed by atoms with van der Waals surface area (Å²) in [6.45, 7) is 1.58. The second-order valence-electron chi connectivity index (χ2n) is 3.56. The standard InChI is InChI=1S/C12H10BrF3O3/c1-2-19-11(18)8-3-7(6-17)4-10(9(8)5-13)12(14,15)16/h3-4,6H,2,5H2,1H3. The molecule has 104 valence electrons. The van der Waals surface area contributed by atoms with Gasteiger partial charge in [-0.1, -0.05) is 15.9 Å². The van der Waals surface area contributed by atoms with Crippen LogP contribution in [0.1, 0.15) is 38.8 Å². The van der Waals surface area contributed by atoms with Gasteiger partial charge in [0.05, 0.1) is 17.7 Å². The summed E-state index contributed by atoms with van der Waals surface area (Å²) in [6, 6.07) is 1.81. The summed E-state index contributed by atoms with van der Waals surface area (Å²) in [4.78, 5) is 22.3. The van der Waals surface area contributed by atoms with Crippen LogP contribution in [0.25, 0.3) is 0 Å². The van der Waals surface area contributed by atoms with E-state index in [1.807, 2.05) is 0 Å². The Morgan fingerprint density at radius 1 is 1.42 bits per heavy atom. The normalized spacial score (nSPS) is 11.2. The van der Waals surface area contributed by atoms with Gasteiger partial charge in [0.15, 0.2) is 0 Å². The predicted molar refractivity (Wildman–Crippen MR) is 65.4 cm³/mol. The van der Waals surface area contributed by atoms with E-state index in [1.54, 1.807) is 6.92 Å². The van der Waals surface area contributed by atoms with Gasteiger partial charge in [0.25, 0.3) is 0 Å². The molecule has 1 aromatic rings. The van der Waals surface area contributed by atoms with Crippen molar-refractivity contribution >= 4 is 28.2 Å². The molecule has 0 aromatic heterocycles. The number of alkyl halides is 4. The van der Waals surface area contributed by atoms with Gasteiger partial charge in [-0.05, 0) is 24.6 Å². The van der Waals surface area contributed by atoms with Crippen molar-refractivity contribution in [1.29, 1.82) is 0 Å². The van der Waals surface area contributed by atoms with Crippen molar-refractivity contribution in [3.8, 4) is 0 Å². The van der Waals surface area contributed by atoms with Gasteiger partial charge in [-0.2, -0.15) is 13.2 Å². The molecule has 0 amide bonds. The van der Waals surface area contributed by atoms with Gasteiger partial charge in [-0.15, -0.1) is 0 Å². The van der Waals surface area contributed by atoms with Crippen molar-refractivity contribution in [3.63, 3.8) is 0 Å². The van der Waals surface area contributed by atoms with Crippen LogP contribution in [0.4, 0.5) is 13.2 Å². The molecule has 0 aliphatic rings. The summed E-state index contributed by atoms with van der Waals surface area (Å²) in [5.74, 6) is -0.883. The smallest absolute Gasteiger partial charge is 0.416 e. The van der Waals surface area contributed by atoms with Crippen LogP contribution in [-0.2, 0) is 16.2 Å². The van der Waals surface area contributed by atoms with Gasteiger partial charge in [0, 0.05) is 10.9 Å². The Hall–Kier alpha value is -1.37. The van der Waals surface area contributed by atoms with E-state index >= 15 is 0 Å². The van der Waals surface area contributed by atoms with Gasteiger partial charge >= 0.3 is 12.1 Å². The lowest BCUT2D eigenvalue weighted by Gasteiger charge is -2.15. The largest absolute Gasteiger partial charge is 0.462 e. The van der Waals surface area contributed by atoms with Gasteiger partial charge < -0.3 is 4.74 Å². The second kappa shape index (κ2) is 6.18. The minimum atomic E-state index is -4.65. The van der Waals surface area contributed by atoms with Crippen molar-refractivity contribution < 1.29 is 27.5 Å².